The first-order chi connectivity index (χ1) is 23.7. The lowest BCUT2D eigenvalue weighted by Gasteiger charge is -2.25. The van der Waals surface area contributed by atoms with Crippen LogP contribution in [0.15, 0.2) is 113 Å². The summed E-state index contributed by atoms with van der Waals surface area (Å²) in [6.07, 6.45) is 8.60. The molecular weight excluding hydrogens is 661 g/mol. The predicted octanol–water partition coefficient (Wildman–Crippen LogP) is 6.66. The fourth-order valence-corrected chi connectivity index (χ4v) is 7.04. The Bertz CT molecular complexity index is 1990. The maximum atomic E-state index is 14.6. The summed E-state index contributed by atoms with van der Waals surface area (Å²) in [4.78, 5) is 38.5. The molecule has 0 aliphatic carbocycles. The van der Waals surface area contributed by atoms with Crippen molar-refractivity contribution in [2.24, 2.45) is 0 Å². The summed E-state index contributed by atoms with van der Waals surface area (Å²) in [6.45, 7) is 1.55. The van der Waals surface area contributed by atoms with Crippen LogP contribution in [0.2, 0.25) is 0 Å². The van der Waals surface area contributed by atoms with Gasteiger partial charge in [0.05, 0.1) is 34.2 Å². The molecule has 3 aromatic carbocycles. The van der Waals surface area contributed by atoms with Crippen molar-refractivity contribution >= 4 is 60.1 Å². The Morgan fingerprint density at radius 2 is 1.69 bits per heavy atom. The molecule has 0 fully saturated rings. The molecule has 0 bridgehead atoms. The highest BCUT2D eigenvalue weighted by atomic mass is 32.2. The summed E-state index contributed by atoms with van der Waals surface area (Å²) in [6, 6.07) is 22.1. The minimum Gasteiger partial charge on any atom is -0.416 e. The Morgan fingerprint density at radius 1 is 0.939 bits per heavy atom. The molecule has 2 unspecified atom stereocenters. The number of methoxy groups -OCH3 is 1. The first-order valence-corrected chi connectivity index (χ1v) is 17.4. The largest absolute Gasteiger partial charge is 0.417 e. The first kappa shape index (κ1) is 36.6. The minimum atomic E-state index is -4.12. The number of rotatable bonds is 13. The summed E-state index contributed by atoms with van der Waals surface area (Å²) >= 11 is 1.33. The van der Waals surface area contributed by atoms with Crippen molar-refractivity contribution in [3.8, 4) is 5.75 Å². The molecule has 0 aliphatic heterocycles. The number of aromatic nitrogens is 3. The molecule has 1 amide bonds. The molecule has 2 heterocycles. The van der Waals surface area contributed by atoms with Crippen molar-refractivity contribution in [2.45, 2.75) is 22.8 Å². The van der Waals surface area contributed by atoms with Crippen LogP contribution < -0.4 is 20.0 Å². The third kappa shape index (κ3) is 10.1. The van der Waals surface area contributed by atoms with E-state index in [1.165, 1.54) is 18.0 Å². The van der Waals surface area contributed by atoms with Crippen molar-refractivity contribution in [1.29, 1.82) is 5.41 Å². The Morgan fingerprint density at radius 3 is 2.43 bits per heavy atom. The van der Waals surface area contributed by atoms with Gasteiger partial charge in [0.25, 0.3) is 5.91 Å². The van der Waals surface area contributed by atoms with Crippen molar-refractivity contribution in [2.75, 3.05) is 26.4 Å². The fourth-order valence-electron chi connectivity index (χ4n) is 4.37. The number of anilines is 1. The topological polar surface area (TPSA) is 168 Å². The third-order valence-electron chi connectivity index (χ3n) is 6.51. The van der Waals surface area contributed by atoms with Crippen LogP contribution in [0.25, 0.3) is 17.1 Å². The second kappa shape index (κ2) is 17.8. The standard InChI is InChI=1S/C33H30N7O4PS.C2H6O/c1-22(21-41)39-45(43,44-30-11-7-10-28-32(30)38-19-18-37-28)40-29-20-24(46-31-12-4-3-9-26(31)33(42)35-2)14-15-25(29)27(34)16-13-23-8-5-6-17-36-23;1-3-2/h3-22,34H,1-2H3,(H,35,42)(H2,39,40,43);1-2H3/b16-13+,34-27?;. The van der Waals surface area contributed by atoms with Gasteiger partial charge in [-0.15, -0.1) is 0 Å². The number of para-hydroxylation sites is 1. The van der Waals surface area contributed by atoms with Crippen LogP contribution in [-0.2, 0) is 14.1 Å². The second-order valence-corrected chi connectivity index (χ2v) is 13.2. The zero-order chi connectivity index (χ0) is 35.2. The van der Waals surface area contributed by atoms with E-state index in [2.05, 4.69) is 35.2 Å². The second-order valence-electron chi connectivity index (χ2n) is 10.3. The van der Waals surface area contributed by atoms with Gasteiger partial charge in [-0.25, -0.2) is 14.6 Å². The summed E-state index contributed by atoms with van der Waals surface area (Å²) in [5.41, 5.74) is 2.86. The molecule has 0 spiro atoms. The molecule has 0 aliphatic rings. The summed E-state index contributed by atoms with van der Waals surface area (Å²) in [5.74, 6) is -0.0496. The smallest absolute Gasteiger partial charge is 0.416 e. The Kier molecular flexibility index (Phi) is 13.3. The van der Waals surface area contributed by atoms with E-state index in [1.807, 2.05) is 30.3 Å². The van der Waals surface area contributed by atoms with Gasteiger partial charge in [-0.05, 0) is 73.7 Å². The van der Waals surface area contributed by atoms with Crippen LogP contribution >= 0.6 is 19.4 Å². The van der Waals surface area contributed by atoms with Crippen LogP contribution in [-0.4, -0.2) is 60.2 Å². The van der Waals surface area contributed by atoms with Crippen molar-refractivity contribution in [1.82, 2.24) is 25.4 Å². The van der Waals surface area contributed by atoms with Gasteiger partial charge >= 0.3 is 7.67 Å². The number of amides is 1. The van der Waals surface area contributed by atoms with E-state index in [0.29, 0.717) is 49.6 Å². The quantitative estimate of drug-likeness (QED) is 0.0590. The molecule has 2 atom stereocenters. The van der Waals surface area contributed by atoms with E-state index in [9.17, 15) is 14.2 Å². The number of allylic oxidation sites excluding steroid dienone is 1. The highest BCUT2D eigenvalue weighted by molar-refractivity contribution is 7.99. The zero-order valence-corrected chi connectivity index (χ0v) is 29.0. The number of fused-ring (bicyclic) bond motifs is 1. The number of hydrogen-bond donors (Lipinski definition) is 4. The fraction of sp³-hybridized carbons (Fsp3) is 0.143. The zero-order valence-electron chi connectivity index (χ0n) is 27.3. The number of nitrogens with one attached hydrogen (secondary N) is 4. The Balaban J connectivity index is 0.00000174. The van der Waals surface area contributed by atoms with E-state index < -0.39 is 13.7 Å². The predicted molar refractivity (Wildman–Crippen MR) is 193 cm³/mol. The lowest BCUT2D eigenvalue weighted by Crippen LogP contribution is -2.30. The van der Waals surface area contributed by atoms with Crippen LogP contribution in [0.4, 0.5) is 5.69 Å². The molecule has 2 aromatic heterocycles. The maximum absolute atomic E-state index is 14.6. The summed E-state index contributed by atoms with van der Waals surface area (Å²) < 4.78 is 24.9. The van der Waals surface area contributed by atoms with Gasteiger partial charge in [-0.1, -0.05) is 36.0 Å². The molecule has 12 nitrogen and oxygen atoms in total. The number of carbonyl (C=O) groups excluding carboxylic acids is 2. The highest BCUT2D eigenvalue weighted by Gasteiger charge is 2.30. The van der Waals surface area contributed by atoms with E-state index >= 15 is 0 Å². The van der Waals surface area contributed by atoms with Crippen molar-refractivity contribution in [3.05, 3.63) is 120 Å². The molecule has 0 radical (unpaired) electrons. The normalized spacial score (nSPS) is 12.7. The van der Waals surface area contributed by atoms with Gasteiger partial charge in [0, 0.05) is 55.2 Å². The average Bonchev–Trinajstić information content (AvgIpc) is 3.11. The number of aldehydes is 1. The van der Waals surface area contributed by atoms with Gasteiger partial charge < -0.3 is 24.8 Å². The van der Waals surface area contributed by atoms with Crippen molar-refractivity contribution < 1.29 is 23.4 Å². The summed E-state index contributed by atoms with van der Waals surface area (Å²) in [5, 5.41) is 17.3. The van der Waals surface area contributed by atoms with Gasteiger partial charge in [0.15, 0.2) is 5.75 Å². The monoisotopic (exact) mass is 697 g/mol. The van der Waals surface area contributed by atoms with Crippen LogP contribution in [0, 0.1) is 5.41 Å². The molecule has 0 saturated carbocycles. The van der Waals surface area contributed by atoms with Gasteiger partial charge in [-0.2, -0.15) is 0 Å². The molecule has 49 heavy (non-hydrogen) atoms. The molecular formula is C35H36N7O5PS. The number of nitrogens with zero attached hydrogens (tertiary/aromatic N) is 3. The Labute approximate surface area is 288 Å². The molecule has 5 aromatic rings. The summed E-state index contributed by atoms with van der Waals surface area (Å²) in [7, 11) is 0.695. The third-order valence-corrected chi connectivity index (χ3v) is 9.31. The molecule has 5 rings (SSSR count). The molecule has 252 valence electrons. The van der Waals surface area contributed by atoms with E-state index in [4.69, 9.17) is 9.93 Å². The van der Waals surface area contributed by atoms with Gasteiger partial charge in [0.2, 0.25) is 0 Å². The van der Waals surface area contributed by atoms with Crippen LogP contribution in [0.1, 0.15) is 28.5 Å². The molecule has 0 saturated heterocycles. The lowest BCUT2D eigenvalue weighted by molar-refractivity contribution is -0.108. The first-order valence-electron chi connectivity index (χ1n) is 14.9. The van der Waals surface area contributed by atoms with Crippen LogP contribution in [0.5, 0.6) is 5.75 Å². The van der Waals surface area contributed by atoms with Crippen molar-refractivity contribution in [3.63, 3.8) is 0 Å². The maximum Gasteiger partial charge on any atom is 0.417 e. The molecule has 14 heteroatoms. The number of benzene rings is 3. The van der Waals surface area contributed by atoms with E-state index in [1.54, 1.807) is 101 Å². The minimum absolute atomic E-state index is 0.0986. The average molecular weight is 698 g/mol. The number of hydrogen-bond acceptors (Lipinski definition) is 10. The molecule has 4 N–H and O–H groups in total. The SMILES string of the molecule is CNC(=O)c1ccccc1Sc1ccc(C(=N)/C=C/c2ccccn2)c(NP(=O)(NC(C)C=O)Oc2cccc3nccnc23)c1.COC. The van der Waals surface area contributed by atoms with Crippen LogP contribution in [0.3, 0.4) is 0 Å². The number of ether oxygens (including phenoxy) is 1. The highest BCUT2D eigenvalue weighted by Crippen LogP contribution is 2.46. The lowest BCUT2D eigenvalue weighted by atomic mass is 10.1. The van der Waals surface area contributed by atoms with Gasteiger partial charge in [0.1, 0.15) is 11.8 Å². The van der Waals surface area contributed by atoms with E-state index in [0.717, 1.165) is 0 Å². The number of carbonyl (C=O) groups is 2. The van der Waals surface area contributed by atoms with E-state index in [-0.39, 0.29) is 17.4 Å². The Hall–Kier alpha value is -5.20. The number of pyridine rings is 1. The van der Waals surface area contributed by atoms with Gasteiger partial charge in [-0.3, -0.25) is 19.8 Å².